The van der Waals surface area contributed by atoms with Gasteiger partial charge in [0.25, 0.3) is 5.91 Å². The lowest BCUT2D eigenvalue weighted by Crippen LogP contribution is -2.52. The van der Waals surface area contributed by atoms with Crippen molar-refractivity contribution < 1.29 is 14.3 Å². The monoisotopic (exact) mass is 277 g/mol. The van der Waals surface area contributed by atoms with Crippen LogP contribution in [0.5, 0.6) is 0 Å². The van der Waals surface area contributed by atoms with E-state index in [0.29, 0.717) is 12.0 Å². The summed E-state index contributed by atoms with van der Waals surface area (Å²) in [6.07, 6.45) is 1.31. The van der Waals surface area contributed by atoms with E-state index in [-0.39, 0.29) is 5.91 Å². The molecule has 0 heterocycles. The fourth-order valence-corrected chi connectivity index (χ4v) is 2.37. The first-order chi connectivity index (χ1) is 9.32. The predicted molar refractivity (Wildman–Crippen MR) is 78.7 cm³/mol. The number of carbonyl (C=O) groups excluding carboxylic acids is 2. The van der Waals surface area contributed by atoms with Gasteiger partial charge < -0.3 is 10.1 Å². The Balaban J connectivity index is 2.99. The molecule has 1 rings (SSSR count). The predicted octanol–water partition coefficient (Wildman–Crippen LogP) is 2.77. The Morgan fingerprint density at radius 2 is 1.75 bits per heavy atom. The maximum atomic E-state index is 12.3. The molecule has 1 atom stereocenters. The molecule has 0 bridgehead atoms. The average Bonchev–Trinajstić information content (AvgIpc) is 2.36. The highest BCUT2D eigenvalue weighted by molar-refractivity contribution is 5.98. The Hall–Kier alpha value is -1.84. The van der Waals surface area contributed by atoms with E-state index >= 15 is 0 Å². The fourth-order valence-electron chi connectivity index (χ4n) is 2.37. The van der Waals surface area contributed by atoms with Crippen LogP contribution >= 0.6 is 0 Å². The highest BCUT2D eigenvalue weighted by Crippen LogP contribution is 2.16. The molecule has 0 saturated heterocycles. The molecule has 0 aliphatic carbocycles. The summed E-state index contributed by atoms with van der Waals surface area (Å²) in [5.41, 5.74) is 1.61. The number of nitrogens with one attached hydrogen (secondary N) is 1. The van der Waals surface area contributed by atoms with Crippen LogP contribution in [0.2, 0.25) is 0 Å². The summed E-state index contributed by atoms with van der Waals surface area (Å²) in [6, 6.07) is 5.63. The molecule has 0 spiro atoms. The van der Waals surface area contributed by atoms with Crippen LogP contribution in [0.4, 0.5) is 0 Å². The number of aryl methyl sites for hydroxylation is 2. The number of ether oxygens (including phenoxy) is 1. The van der Waals surface area contributed by atoms with Crippen LogP contribution < -0.4 is 5.32 Å². The Bertz CT molecular complexity index is 490. The first-order valence-corrected chi connectivity index (χ1v) is 6.81. The molecule has 0 aromatic heterocycles. The zero-order valence-electron chi connectivity index (χ0n) is 12.9. The second-order valence-corrected chi connectivity index (χ2v) is 5.40. The maximum absolute atomic E-state index is 12.3. The second kappa shape index (κ2) is 6.55. The third-order valence-electron chi connectivity index (χ3n) is 3.26. The van der Waals surface area contributed by atoms with Gasteiger partial charge in [0.15, 0.2) is 0 Å². The molecular formula is C16H23NO3. The summed E-state index contributed by atoms with van der Waals surface area (Å²) in [6.45, 7) is 7.54. The van der Waals surface area contributed by atoms with Crippen molar-refractivity contribution in [2.45, 2.75) is 46.1 Å². The van der Waals surface area contributed by atoms with E-state index in [9.17, 15) is 9.59 Å². The van der Waals surface area contributed by atoms with Crippen LogP contribution in [0.25, 0.3) is 0 Å². The number of rotatable bonds is 5. The fraction of sp³-hybridized carbons (Fsp3) is 0.500. The molecule has 4 heteroatoms. The quantitative estimate of drug-likeness (QED) is 0.842. The van der Waals surface area contributed by atoms with E-state index in [1.165, 1.54) is 7.11 Å². The highest BCUT2D eigenvalue weighted by atomic mass is 16.5. The molecule has 0 aliphatic rings. The van der Waals surface area contributed by atoms with Crippen LogP contribution in [-0.4, -0.2) is 24.5 Å². The van der Waals surface area contributed by atoms with Gasteiger partial charge in [0.2, 0.25) is 0 Å². The minimum atomic E-state index is -0.988. The van der Waals surface area contributed by atoms with E-state index in [1.807, 2.05) is 39.0 Å². The van der Waals surface area contributed by atoms with Crippen molar-refractivity contribution in [3.63, 3.8) is 0 Å². The van der Waals surface area contributed by atoms with E-state index in [2.05, 4.69) is 5.32 Å². The van der Waals surface area contributed by atoms with E-state index < -0.39 is 11.5 Å². The Morgan fingerprint density at radius 1 is 1.20 bits per heavy atom. The van der Waals surface area contributed by atoms with Crippen molar-refractivity contribution in [2.75, 3.05) is 7.11 Å². The Labute approximate surface area is 120 Å². The zero-order valence-corrected chi connectivity index (χ0v) is 12.9. The van der Waals surface area contributed by atoms with Gasteiger partial charge in [-0.05, 0) is 39.3 Å². The largest absolute Gasteiger partial charge is 0.467 e. The molecule has 4 nitrogen and oxygen atoms in total. The van der Waals surface area contributed by atoms with Gasteiger partial charge in [-0.1, -0.05) is 30.5 Å². The molecule has 1 N–H and O–H groups in total. The molecule has 0 radical (unpaired) electrons. The van der Waals surface area contributed by atoms with Gasteiger partial charge in [0, 0.05) is 5.56 Å². The van der Waals surface area contributed by atoms with Crippen LogP contribution in [0.1, 0.15) is 48.2 Å². The first kappa shape index (κ1) is 16.2. The number of esters is 1. The zero-order chi connectivity index (χ0) is 15.3. The van der Waals surface area contributed by atoms with Gasteiger partial charge in [-0.3, -0.25) is 4.79 Å². The van der Waals surface area contributed by atoms with Crippen LogP contribution in [0, 0.1) is 13.8 Å². The minimum Gasteiger partial charge on any atom is -0.467 e. The lowest BCUT2D eigenvalue weighted by molar-refractivity contribution is -0.147. The van der Waals surface area contributed by atoms with E-state index in [1.54, 1.807) is 6.92 Å². The molecule has 110 valence electrons. The van der Waals surface area contributed by atoms with Gasteiger partial charge in [-0.15, -0.1) is 0 Å². The topological polar surface area (TPSA) is 55.4 Å². The number of hydrogen-bond donors (Lipinski definition) is 1. The van der Waals surface area contributed by atoms with E-state index in [0.717, 1.165) is 17.5 Å². The Kier molecular flexibility index (Phi) is 5.31. The number of benzene rings is 1. The summed E-state index contributed by atoms with van der Waals surface area (Å²) in [7, 11) is 1.33. The van der Waals surface area contributed by atoms with Crippen molar-refractivity contribution in [1.29, 1.82) is 0 Å². The third-order valence-corrected chi connectivity index (χ3v) is 3.26. The summed E-state index contributed by atoms with van der Waals surface area (Å²) in [5.74, 6) is -0.671. The lowest BCUT2D eigenvalue weighted by Gasteiger charge is -2.27. The molecule has 1 aromatic rings. The molecule has 0 fully saturated rings. The van der Waals surface area contributed by atoms with Gasteiger partial charge in [-0.25, -0.2) is 4.79 Å². The van der Waals surface area contributed by atoms with Crippen LogP contribution in [0.3, 0.4) is 0 Å². The normalized spacial score (nSPS) is 13.4. The summed E-state index contributed by atoms with van der Waals surface area (Å²) in [5, 5.41) is 2.80. The van der Waals surface area contributed by atoms with E-state index in [4.69, 9.17) is 4.74 Å². The summed E-state index contributed by atoms with van der Waals surface area (Å²) in [4.78, 5) is 24.2. The van der Waals surface area contributed by atoms with Crippen LogP contribution in [0.15, 0.2) is 18.2 Å². The highest BCUT2D eigenvalue weighted by Gasteiger charge is 2.35. The number of amides is 1. The van der Waals surface area contributed by atoms with Crippen molar-refractivity contribution in [2.24, 2.45) is 0 Å². The van der Waals surface area contributed by atoms with Crippen molar-refractivity contribution in [3.05, 3.63) is 34.9 Å². The summed E-state index contributed by atoms with van der Waals surface area (Å²) < 4.78 is 4.80. The first-order valence-electron chi connectivity index (χ1n) is 6.81. The molecule has 0 aliphatic heterocycles. The third kappa shape index (κ3) is 3.83. The second-order valence-electron chi connectivity index (χ2n) is 5.40. The Morgan fingerprint density at radius 3 is 2.20 bits per heavy atom. The van der Waals surface area contributed by atoms with Gasteiger partial charge in [-0.2, -0.15) is 0 Å². The molecule has 1 amide bonds. The molecular weight excluding hydrogens is 254 g/mol. The van der Waals surface area contributed by atoms with Crippen molar-refractivity contribution in [3.8, 4) is 0 Å². The summed E-state index contributed by atoms with van der Waals surface area (Å²) >= 11 is 0. The SMILES string of the molecule is CCCC(C)(NC(=O)c1cc(C)cc(C)c1)C(=O)OC. The van der Waals surface area contributed by atoms with Gasteiger partial charge in [0.1, 0.15) is 5.54 Å². The lowest BCUT2D eigenvalue weighted by atomic mass is 9.95. The maximum Gasteiger partial charge on any atom is 0.331 e. The molecule has 20 heavy (non-hydrogen) atoms. The average molecular weight is 277 g/mol. The number of hydrogen-bond acceptors (Lipinski definition) is 3. The van der Waals surface area contributed by atoms with Crippen molar-refractivity contribution in [1.82, 2.24) is 5.32 Å². The number of carbonyl (C=O) groups is 2. The van der Waals surface area contributed by atoms with Gasteiger partial charge >= 0.3 is 5.97 Å². The smallest absolute Gasteiger partial charge is 0.331 e. The standard InChI is InChI=1S/C16H23NO3/c1-6-7-16(4,15(19)20-5)17-14(18)13-9-11(2)8-12(3)10-13/h8-10H,6-7H2,1-5H3,(H,17,18). The van der Waals surface area contributed by atoms with Gasteiger partial charge in [0.05, 0.1) is 7.11 Å². The molecule has 1 aromatic carbocycles. The minimum absolute atomic E-state index is 0.252. The molecule has 1 unspecified atom stereocenters. The van der Waals surface area contributed by atoms with Crippen LogP contribution in [-0.2, 0) is 9.53 Å². The molecule has 0 saturated carbocycles. The van der Waals surface area contributed by atoms with Crippen molar-refractivity contribution >= 4 is 11.9 Å². The number of methoxy groups -OCH3 is 1.